The first kappa shape index (κ1) is 15.7. The Bertz CT molecular complexity index is 415. The van der Waals surface area contributed by atoms with Gasteiger partial charge < -0.3 is 20.3 Å². The molecule has 0 aromatic carbocycles. The number of piperazine rings is 1. The smallest absolute Gasteiger partial charge is 0.251 e. The van der Waals surface area contributed by atoms with Crippen LogP contribution in [0.2, 0.25) is 0 Å². The van der Waals surface area contributed by atoms with Gasteiger partial charge in [0.1, 0.15) is 6.10 Å². The minimum atomic E-state index is -0.251. The lowest BCUT2D eigenvalue weighted by molar-refractivity contribution is -0.147. The van der Waals surface area contributed by atoms with E-state index in [-0.39, 0.29) is 23.8 Å². The molecule has 0 bridgehead atoms. The highest BCUT2D eigenvalue weighted by Gasteiger charge is 2.37. The van der Waals surface area contributed by atoms with Crippen LogP contribution >= 0.6 is 0 Å². The van der Waals surface area contributed by atoms with Crippen molar-refractivity contribution in [1.29, 1.82) is 0 Å². The Morgan fingerprint density at radius 2 is 1.64 bits per heavy atom. The zero-order valence-electron chi connectivity index (χ0n) is 13.2. The lowest BCUT2D eigenvalue weighted by Gasteiger charge is -2.37. The van der Waals surface area contributed by atoms with Crippen LogP contribution in [-0.2, 0) is 14.3 Å². The SMILES string of the molecule is NC[C@H]1CCC[C@H]1C(=O)N1CCN(C(=O)C2CCCO2)CC1. The van der Waals surface area contributed by atoms with Crippen LogP contribution in [-0.4, -0.2) is 67.0 Å². The summed E-state index contributed by atoms with van der Waals surface area (Å²) < 4.78 is 5.47. The normalized spacial score (nSPS) is 32.5. The first-order chi connectivity index (χ1) is 10.7. The standard InChI is InChI=1S/C16H27N3O3/c17-11-12-3-1-4-13(12)15(20)18-6-8-19(9-7-18)16(21)14-5-2-10-22-14/h12-14H,1-11,17H2/t12-,13-,14?/m1/s1. The molecule has 2 N–H and O–H groups in total. The highest BCUT2D eigenvalue weighted by atomic mass is 16.5. The van der Waals surface area contributed by atoms with Gasteiger partial charge in [-0.25, -0.2) is 0 Å². The fourth-order valence-electron chi connectivity index (χ4n) is 4.00. The summed E-state index contributed by atoms with van der Waals surface area (Å²) in [4.78, 5) is 28.7. The Kier molecular flexibility index (Phi) is 4.98. The minimum Gasteiger partial charge on any atom is -0.368 e. The zero-order valence-corrected chi connectivity index (χ0v) is 13.2. The van der Waals surface area contributed by atoms with E-state index in [0.29, 0.717) is 45.2 Å². The number of hydrogen-bond acceptors (Lipinski definition) is 4. The van der Waals surface area contributed by atoms with Gasteiger partial charge in [0, 0.05) is 38.7 Å². The topological polar surface area (TPSA) is 75.9 Å². The Morgan fingerprint density at radius 1 is 0.955 bits per heavy atom. The molecule has 6 heteroatoms. The number of amides is 2. The summed E-state index contributed by atoms with van der Waals surface area (Å²) in [5.74, 6) is 0.798. The Morgan fingerprint density at radius 3 is 2.23 bits per heavy atom. The molecule has 2 amide bonds. The third kappa shape index (κ3) is 3.13. The number of hydrogen-bond donors (Lipinski definition) is 1. The summed E-state index contributed by atoms with van der Waals surface area (Å²) >= 11 is 0. The third-order valence-corrected chi connectivity index (χ3v) is 5.39. The van der Waals surface area contributed by atoms with Gasteiger partial charge in [0.15, 0.2) is 0 Å². The van der Waals surface area contributed by atoms with Crippen LogP contribution in [0.25, 0.3) is 0 Å². The predicted octanol–water partition coefficient (Wildman–Crippen LogP) is 0.211. The van der Waals surface area contributed by atoms with Crippen molar-refractivity contribution in [2.45, 2.75) is 38.2 Å². The van der Waals surface area contributed by atoms with Crippen LogP contribution in [0.1, 0.15) is 32.1 Å². The largest absolute Gasteiger partial charge is 0.368 e. The summed E-state index contributed by atoms with van der Waals surface area (Å²) in [5, 5.41) is 0. The van der Waals surface area contributed by atoms with Gasteiger partial charge in [-0.05, 0) is 38.1 Å². The number of ether oxygens (including phenoxy) is 1. The van der Waals surface area contributed by atoms with E-state index in [9.17, 15) is 9.59 Å². The van der Waals surface area contributed by atoms with Crippen LogP contribution in [0.4, 0.5) is 0 Å². The number of nitrogens with zero attached hydrogens (tertiary/aromatic N) is 2. The second kappa shape index (κ2) is 6.96. The van der Waals surface area contributed by atoms with Crippen LogP contribution < -0.4 is 5.73 Å². The second-order valence-corrected chi connectivity index (χ2v) is 6.69. The van der Waals surface area contributed by atoms with Gasteiger partial charge in [-0.3, -0.25) is 9.59 Å². The van der Waals surface area contributed by atoms with Crippen molar-refractivity contribution in [2.24, 2.45) is 17.6 Å². The van der Waals surface area contributed by atoms with Crippen LogP contribution in [0.15, 0.2) is 0 Å². The number of rotatable bonds is 3. The van der Waals surface area contributed by atoms with Gasteiger partial charge in [0.2, 0.25) is 5.91 Å². The Balaban J connectivity index is 1.50. The summed E-state index contributed by atoms with van der Waals surface area (Å²) in [6.45, 7) is 3.84. The van der Waals surface area contributed by atoms with Crippen molar-refractivity contribution in [3.63, 3.8) is 0 Å². The average Bonchev–Trinajstić information content (AvgIpc) is 3.24. The van der Waals surface area contributed by atoms with E-state index in [4.69, 9.17) is 10.5 Å². The first-order valence-electron chi connectivity index (χ1n) is 8.60. The highest BCUT2D eigenvalue weighted by molar-refractivity contribution is 5.82. The predicted molar refractivity (Wildman–Crippen MR) is 82.0 cm³/mol. The van der Waals surface area contributed by atoms with Crippen molar-refractivity contribution >= 4 is 11.8 Å². The van der Waals surface area contributed by atoms with Crippen LogP contribution in [0.5, 0.6) is 0 Å². The average molecular weight is 309 g/mol. The van der Waals surface area contributed by atoms with Crippen molar-refractivity contribution < 1.29 is 14.3 Å². The molecule has 6 nitrogen and oxygen atoms in total. The van der Waals surface area contributed by atoms with E-state index >= 15 is 0 Å². The zero-order chi connectivity index (χ0) is 15.5. The van der Waals surface area contributed by atoms with E-state index in [1.165, 1.54) is 0 Å². The lowest BCUT2D eigenvalue weighted by Crippen LogP contribution is -2.54. The molecular weight excluding hydrogens is 282 g/mol. The number of carbonyl (C=O) groups excluding carboxylic acids is 2. The molecule has 3 fully saturated rings. The van der Waals surface area contributed by atoms with Crippen molar-refractivity contribution in [3.05, 3.63) is 0 Å². The lowest BCUT2D eigenvalue weighted by atomic mass is 9.94. The van der Waals surface area contributed by atoms with Gasteiger partial charge in [-0.15, -0.1) is 0 Å². The molecule has 3 atom stereocenters. The molecule has 124 valence electrons. The van der Waals surface area contributed by atoms with Crippen molar-refractivity contribution in [2.75, 3.05) is 39.3 Å². The molecule has 1 aliphatic carbocycles. The molecule has 0 radical (unpaired) electrons. The van der Waals surface area contributed by atoms with E-state index in [1.54, 1.807) is 0 Å². The number of nitrogens with two attached hydrogens (primary N) is 1. The molecule has 2 aliphatic heterocycles. The summed E-state index contributed by atoms with van der Waals surface area (Å²) in [7, 11) is 0. The molecule has 3 aliphatic rings. The van der Waals surface area contributed by atoms with Gasteiger partial charge in [0.05, 0.1) is 0 Å². The third-order valence-electron chi connectivity index (χ3n) is 5.39. The molecule has 0 aromatic heterocycles. The summed E-state index contributed by atoms with van der Waals surface area (Å²) in [6, 6.07) is 0. The molecule has 0 aromatic rings. The van der Waals surface area contributed by atoms with E-state index in [0.717, 1.165) is 32.1 Å². The van der Waals surface area contributed by atoms with E-state index in [2.05, 4.69) is 0 Å². The molecule has 1 unspecified atom stereocenters. The molecule has 0 spiro atoms. The fraction of sp³-hybridized carbons (Fsp3) is 0.875. The maximum Gasteiger partial charge on any atom is 0.251 e. The summed E-state index contributed by atoms with van der Waals surface area (Å²) in [6.07, 6.45) is 4.70. The second-order valence-electron chi connectivity index (χ2n) is 6.69. The maximum absolute atomic E-state index is 12.6. The van der Waals surface area contributed by atoms with Crippen molar-refractivity contribution in [1.82, 2.24) is 9.80 Å². The highest BCUT2D eigenvalue weighted by Crippen LogP contribution is 2.32. The van der Waals surface area contributed by atoms with Gasteiger partial charge >= 0.3 is 0 Å². The monoisotopic (exact) mass is 309 g/mol. The van der Waals surface area contributed by atoms with Gasteiger partial charge in [-0.2, -0.15) is 0 Å². The van der Waals surface area contributed by atoms with Gasteiger partial charge in [0.25, 0.3) is 5.91 Å². The fourth-order valence-corrected chi connectivity index (χ4v) is 4.00. The molecule has 2 heterocycles. The maximum atomic E-state index is 12.6. The summed E-state index contributed by atoms with van der Waals surface area (Å²) in [5.41, 5.74) is 5.79. The molecular formula is C16H27N3O3. The Hall–Kier alpha value is -1.14. The molecule has 1 saturated carbocycles. The van der Waals surface area contributed by atoms with Crippen molar-refractivity contribution in [3.8, 4) is 0 Å². The Labute approximate surface area is 131 Å². The van der Waals surface area contributed by atoms with Gasteiger partial charge in [-0.1, -0.05) is 6.42 Å². The van der Waals surface area contributed by atoms with Crippen LogP contribution in [0.3, 0.4) is 0 Å². The molecule has 2 saturated heterocycles. The van der Waals surface area contributed by atoms with E-state index in [1.807, 2.05) is 9.80 Å². The first-order valence-corrected chi connectivity index (χ1v) is 8.60. The van der Waals surface area contributed by atoms with E-state index < -0.39 is 0 Å². The number of carbonyl (C=O) groups is 2. The molecule has 22 heavy (non-hydrogen) atoms. The minimum absolute atomic E-state index is 0.102. The van der Waals surface area contributed by atoms with Crippen LogP contribution in [0, 0.1) is 11.8 Å². The quantitative estimate of drug-likeness (QED) is 0.809. The molecule has 3 rings (SSSR count).